The maximum absolute atomic E-state index is 10.9. The van der Waals surface area contributed by atoms with Crippen LogP contribution in [0.2, 0.25) is 0 Å². The van der Waals surface area contributed by atoms with Gasteiger partial charge in [0.2, 0.25) is 0 Å². The number of hydrogen-bond donors (Lipinski definition) is 1. The monoisotopic (exact) mass is 307 g/mol. The van der Waals surface area contributed by atoms with E-state index in [1.165, 1.54) is 0 Å². The predicted molar refractivity (Wildman–Crippen MR) is 75.6 cm³/mol. The summed E-state index contributed by atoms with van der Waals surface area (Å²) in [4.78, 5) is 10.9. The first-order chi connectivity index (χ1) is 8.63. The highest BCUT2D eigenvalue weighted by molar-refractivity contribution is 9.10. The molecule has 0 aliphatic rings. The molecule has 0 atom stereocenters. The van der Waals surface area contributed by atoms with E-state index in [0.717, 1.165) is 15.4 Å². The fourth-order valence-electron chi connectivity index (χ4n) is 1.94. The van der Waals surface area contributed by atoms with Crippen molar-refractivity contribution in [2.45, 2.75) is 19.9 Å². The summed E-state index contributed by atoms with van der Waals surface area (Å²) < 4.78 is 3.09. The van der Waals surface area contributed by atoms with Crippen LogP contribution < -0.4 is 0 Å². The van der Waals surface area contributed by atoms with Gasteiger partial charge in [0.15, 0.2) is 0 Å². The van der Waals surface area contributed by atoms with Crippen molar-refractivity contribution < 1.29 is 9.90 Å². The lowest BCUT2D eigenvalue weighted by Crippen LogP contribution is -2.02. The minimum atomic E-state index is -0.838. The zero-order chi connectivity index (χ0) is 13.1. The van der Waals surface area contributed by atoms with Crippen LogP contribution in [0.15, 0.2) is 46.6 Å². The van der Waals surface area contributed by atoms with Gasteiger partial charge in [0.05, 0.1) is 0 Å². The van der Waals surface area contributed by atoms with Gasteiger partial charge in [0.1, 0.15) is 0 Å². The molecule has 4 heteroatoms. The maximum Gasteiger partial charge on any atom is 0.331 e. The molecule has 0 amide bonds. The minimum absolute atomic E-state index is 0.451. The van der Waals surface area contributed by atoms with Gasteiger partial charge in [-0.3, -0.25) is 0 Å². The van der Waals surface area contributed by atoms with E-state index in [1.54, 1.807) is 6.08 Å². The molecule has 1 N–H and O–H groups in total. The van der Waals surface area contributed by atoms with Crippen LogP contribution in [-0.2, 0) is 11.3 Å². The van der Waals surface area contributed by atoms with Gasteiger partial charge in [-0.25, -0.2) is 4.79 Å². The number of aromatic nitrogens is 1. The Hall–Kier alpha value is -1.55. The normalized spacial score (nSPS) is 12.0. The molecule has 18 heavy (non-hydrogen) atoms. The van der Waals surface area contributed by atoms with E-state index in [0.29, 0.717) is 18.5 Å². The molecule has 0 fully saturated rings. The van der Waals surface area contributed by atoms with E-state index in [4.69, 9.17) is 5.11 Å². The number of carbonyl (C=O) groups is 1. The minimum Gasteiger partial charge on any atom is -0.478 e. The lowest BCUT2D eigenvalue weighted by molar-refractivity contribution is -0.132. The van der Waals surface area contributed by atoms with Gasteiger partial charge in [-0.1, -0.05) is 35.0 Å². The van der Waals surface area contributed by atoms with Crippen LogP contribution in [0.3, 0.4) is 0 Å². The zero-order valence-electron chi connectivity index (χ0n) is 10.1. The molecule has 3 nitrogen and oxygen atoms in total. The molecular formula is C14H14BrNO2. The molecule has 2 rings (SSSR count). The molecule has 0 saturated carbocycles. The second kappa shape index (κ2) is 5.40. The van der Waals surface area contributed by atoms with Gasteiger partial charge >= 0.3 is 5.97 Å². The predicted octanol–water partition coefficient (Wildman–Crippen LogP) is 3.82. The summed E-state index contributed by atoms with van der Waals surface area (Å²) in [6.45, 7) is 2.43. The molecule has 0 bridgehead atoms. The Morgan fingerprint density at radius 2 is 2.22 bits per heavy atom. The van der Waals surface area contributed by atoms with E-state index >= 15 is 0 Å². The molecule has 1 aromatic carbocycles. The summed E-state index contributed by atoms with van der Waals surface area (Å²) in [6.07, 6.45) is 4.28. The van der Waals surface area contributed by atoms with E-state index in [2.05, 4.69) is 15.9 Å². The summed E-state index contributed by atoms with van der Waals surface area (Å²) >= 11 is 3.50. The number of halogens is 1. The number of allylic oxidation sites excluding steroid dienone is 1. The number of hydrogen-bond acceptors (Lipinski definition) is 1. The maximum atomic E-state index is 10.9. The zero-order valence-corrected chi connectivity index (χ0v) is 11.6. The van der Waals surface area contributed by atoms with Crippen LogP contribution in [0.1, 0.15) is 13.3 Å². The summed E-state index contributed by atoms with van der Waals surface area (Å²) in [6, 6.07) is 8.03. The molecule has 2 aromatic rings. The number of aliphatic carboxylic acids is 1. The Morgan fingerprint density at radius 3 is 2.89 bits per heavy atom. The molecule has 1 aromatic heterocycles. The Morgan fingerprint density at radius 1 is 1.44 bits per heavy atom. The van der Waals surface area contributed by atoms with E-state index in [9.17, 15) is 4.79 Å². The largest absolute Gasteiger partial charge is 0.478 e. The molecule has 94 valence electrons. The van der Waals surface area contributed by atoms with Crippen molar-refractivity contribution in [1.29, 1.82) is 0 Å². The first-order valence-electron chi connectivity index (χ1n) is 5.79. The molecule has 0 saturated heterocycles. The Kier molecular flexibility index (Phi) is 3.87. The number of benzene rings is 1. The van der Waals surface area contributed by atoms with Crippen LogP contribution in [0.5, 0.6) is 0 Å². The van der Waals surface area contributed by atoms with Crippen molar-refractivity contribution in [1.82, 2.24) is 4.57 Å². The van der Waals surface area contributed by atoms with Crippen molar-refractivity contribution >= 4 is 32.8 Å². The molecule has 0 unspecified atom stereocenters. The third-order valence-corrected chi connectivity index (χ3v) is 3.64. The smallest absolute Gasteiger partial charge is 0.331 e. The summed E-state index contributed by atoms with van der Waals surface area (Å²) in [5.74, 6) is -0.838. The lowest BCUT2D eigenvalue weighted by Gasteiger charge is -2.03. The third-order valence-electron chi connectivity index (χ3n) is 2.95. The number of nitrogens with zero attached hydrogens (tertiary/aromatic N) is 1. The standard InChI is InChI=1S/C14H14BrNO2/c1-2-10(14(17)18)6-8-16-9-7-11-12(15)4-3-5-13(11)16/h3-7,9H,2,8H2,1H3,(H,17,18)/b10-6-. The van der Waals surface area contributed by atoms with E-state index < -0.39 is 5.97 Å². The quantitative estimate of drug-likeness (QED) is 0.872. The lowest BCUT2D eigenvalue weighted by atomic mass is 10.2. The molecule has 0 spiro atoms. The highest BCUT2D eigenvalue weighted by atomic mass is 79.9. The molecule has 0 radical (unpaired) electrons. The highest BCUT2D eigenvalue weighted by Gasteiger charge is 2.05. The first-order valence-corrected chi connectivity index (χ1v) is 6.58. The van der Waals surface area contributed by atoms with Gasteiger partial charge in [-0.05, 0) is 24.6 Å². The average Bonchev–Trinajstić information content (AvgIpc) is 2.74. The molecule has 0 aliphatic carbocycles. The number of carboxylic acid groups (broad SMARTS) is 1. The van der Waals surface area contributed by atoms with Crippen LogP contribution >= 0.6 is 15.9 Å². The summed E-state index contributed by atoms with van der Waals surface area (Å²) in [5.41, 5.74) is 1.55. The highest BCUT2D eigenvalue weighted by Crippen LogP contribution is 2.24. The van der Waals surface area contributed by atoms with E-state index in [-0.39, 0.29) is 0 Å². The van der Waals surface area contributed by atoms with Crippen LogP contribution in [0, 0.1) is 0 Å². The summed E-state index contributed by atoms with van der Waals surface area (Å²) in [5, 5.41) is 10.1. The topological polar surface area (TPSA) is 42.2 Å². The van der Waals surface area contributed by atoms with Gasteiger partial charge in [0, 0.05) is 33.7 Å². The number of rotatable bonds is 4. The fourth-order valence-corrected chi connectivity index (χ4v) is 2.42. The van der Waals surface area contributed by atoms with Crippen molar-refractivity contribution in [2.75, 3.05) is 0 Å². The number of carboxylic acids is 1. The molecule has 0 aliphatic heterocycles. The van der Waals surface area contributed by atoms with Gasteiger partial charge in [-0.2, -0.15) is 0 Å². The Labute approximate surface area is 114 Å². The number of fused-ring (bicyclic) bond motifs is 1. The molecular weight excluding hydrogens is 294 g/mol. The van der Waals surface area contributed by atoms with Crippen LogP contribution in [0.4, 0.5) is 0 Å². The SMILES string of the molecule is CC/C(=C/Cn1ccc2c(Br)cccc21)C(=O)O. The van der Waals surface area contributed by atoms with Crippen LogP contribution in [-0.4, -0.2) is 15.6 Å². The van der Waals surface area contributed by atoms with Crippen LogP contribution in [0.25, 0.3) is 10.9 Å². The second-order valence-corrected chi connectivity index (χ2v) is 4.88. The average molecular weight is 308 g/mol. The molecule has 1 heterocycles. The van der Waals surface area contributed by atoms with Crippen molar-refractivity contribution in [3.05, 3.63) is 46.6 Å². The van der Waals surface area contributed by atoms with Gasteiger partial charge < -0.3 is 9.67 Å². The fraction of sp³-hybridized carbons (Fsp3) is 0.214. The van der Waals surface area contributed by atoms with Crippen molar-refractivity contribution in [3.8, 4) is 0 Å². The third kappa shape index (κ3) is 2.48. The van der Waals surface area contributed by atoms with Crippen molar-refractivity contribution in [2.24, 2.45) is 0 Å². The Bertz CT molecular complexity index is 613. The Balaban J connectivity index is 2.33. The first kappa shape index (κ1) is 12.9. The van der Waals surface area contributed by atoms with Gasteiger partial charge in [0.25, 0.3) is 0 Å². The van der Waals surface area contributed by atoms with Gasteiger partial charge in [-0.15, -0.1) is 0 Å². The second-order valence-electron chi connectivity index (χ2n) is 4.03. The summed E-state index contributed by atoms with van der Waals surface area (Å²) in [7, 11) is 0. The van der Waals surface area contributed by atoms with E-state index in [1.807, 2.05) is 42.0 Å². The van der Waals surface area contributed by atoms with Crippen molar-refractivity contribution in [3.63, 3.8) is 0 Å².